The standard InChI is InChI=1S/C14H13Cl2FN2O2/c1-14(7-2-3-7)13(21)19(6-11(20)18-14)12-9(15)4-8(17)5-10(12)16/h4-5,7H,2-3,6H2,1H3,(H,18,20). The molecule has 1 aliphatic carbocycles. The van der Waals surface area contributed by atoms with Gasteiger partial charge in [-0.05, 0) is 37.8 Å². The van der Waals surface area contributed by atoms with E-state index in [4.69, 9.17) is 23.2 Å². The molecule has 0 spiro atoms. The lowest BCUT2D eigenvalue weighted by Gasteiger charge is -2.40. The highest BCUT2D eigenvalue weighted by Crippen LogP contribution is 2.44. The molecule has 2 aliphatic rings. The van der Waals surface area contributed by atoms with Gasteiger partial charge in [0.1, 0.15) is 17.9 Å². The molecule has 4 nitrogen and oxygen atoms in total. The largest absolute Gasteiger partial charge is 0.340 e. The van der Waals surface area contributed by atoms with Gasteiger partial charge in [0.2, 0.25) is 5.91 Å². The number of anilines is 1. The second-order valence-corrected chi connectivity index (χ2v) is 6.45. The Morgan fingerprint density at radius 3 is 2.38 bits per heavy atom. The van der Waals surface area contributed by atoms with E-state index in [-0.39, 0.29) is 40.0 Å². The van der Waals surface area contributed by atoms with Crippen LogP contribution in [-0.4, -0.2) is 23.9 Å². The lowest BCUT2D eigenvalue weighted by Crippen LogP contribution is -2.66. The van der Waals surface area contributed by atoms with Crippen molar-refractivity contribution >= 4 is 40.7 Å². The molecule has 2 fully saturated rings. The van der Waals surface area contributed by atoms with E-state index in [9.17, 15) is 14.0 Å². The fourth-order valence-electron chi connectivity index (χ4n) is 2.79. The molecule has 0 aromatic heterocycles. The normalized spacial score (nSPS) is 26.0. The smallest absolute Gasteiger partial charge is 0.253 e. The SMILES string of the molecule is CC1(C2CC2)NC(=O)CN(c2c(Cl)cc(F)cc2Cl)C1=O. The van der Waals surface area contributed by atoms with Crippen LogP contribution in [0, 0.1) is 11.7 Å². The van der Waals surface area contributed by atoms with Crippen molar-refractivity contribution in [3.63, 3.8) is 0 Å². The molecule has 0 radical (unpaired) electrons. The van der Waals surface area contributed by atoms with Gasteiger partial charge in [-0.15, -0.1) is 0 Å². The van der Waals surface area contributed by atoms with Gasteiger partial charge in [-0.1, -0.05) is 23.2 Å². The monoisotopic (exact) mass is 330 g/mol. The minimum absolute atomic E-state index is 0.0150. The molecule has 7 heteroatoms. The molecule has 21 heavy (non-hydrogen) atoms. The summed E-state index contributed by atoms with van der Waals surface area (Å²) in [5, 5.41) is 2.79. The van der Waals surface area contributed by atoms with Crippen LogP contribution in [0.3, 0.4) is 0 Å². The van der Waals surface area contributed by atoms with Crippen LogP contribution in [0.15, 0.2) is 12.1 Å². The maximum absolute atomic E-state index is 13.3. The topological polar surface area (TPSA) is 49.4 Å². The molecule has 1 aromatic rings. The molecule has 1 aliphatic heterocycles. The highest BCUT2D eigenvalue weighted by atomic mass is 35.5. The minimum Gasteiger partial charge on any atom is -0.340 e. The molecule has 0 bridgehead atoms. The summed E-state index contributed by atoms with van der Waals surface area (Å²) in [5.41, 5.74) is -0.762. The predicted octanol–water partition coefficient (Wildman–Crippen LogP) is 2.76. The summed E-state index contributed by atoms with van der Waals surface area (Å²) < 4.78 is 13.3. The second kappa shape index (κ2) is 4.85. The van der Waals surface area contributed by atoms with Crippen LogP contribution in [0.25, 0.3) is 0 Å². The first kappa shape index (κ1) is 14.6. The third-order valence-corrected chi connectivity index (χ3v) is 4.61. The van der Waals surface area contributed by atoms with Gasteiger partial charge in [0, 0.05) is 0 Å². The fourth-order valence-corrected chi connectivity index (χ4v) is 3.45. The van der Waals surface area contributed by atoms with Crippen molar-refractivity contribution in [2.75, 3.05) is 11.4 Å². The Kier molecular flexibility index (Phi) is 3.37. The maximum Gasteiger partial charge on any atom is 0.253 e. The first-order valence-corrected chi connectivity index (χ1v) is 7.36. The van der Waals surface area contributed by atoms with Crippen LogP contribution in [-0.2, 0) is 9.59 Å². The zero-order valence-electron chi connectivity index (χ0n) is 11.3. The Bertz CT molecular complexity index is 625. The molecule has 2 amide bonds. The van der Waals surface area contributed by atoms with Crippen LogP contribution in [0.1, 0.15) is 19.8 Å². The van der Waals surface area contributed by atoms with Gasteiger partial charge in [-0.3, -0.25) is 14.5 Å². The highest BCUT2D eigenvalue weighted by Gasteiger charge is 2.53. The Hall–Kier alpha value is -1.33. The Morgan fingerprint density at radius 1 is 1.29 bits per heavy atom. The van der Waals surface area contributed by atoms with E-state index in [1.807, 2.05) is 0 Å². The average molecular weight is 331 g/mol. The quantitative estimate of drug-likeness (QED) is 0.906. The summed E-state index contributed by atoms with van der Waals surface area (Å²) >= 11 is 12.0. The number of piperazine rings is 1. The minimum atomic E-state index is -0.948. The number of halogens is 3. The first-order chi connectivity index (χ1) is 9.83. The van der Waals surface area contributed by atoms with Crippen LogP contribution < -0.4 is 10.2 Å². The molecule has 1 saturated heterocycles. The van der Waals surface area contributed by atoms with E-state index in [1.54, 1.807) is 6.92 Å². The summed E-state index contributed by atoms with van der Waals surface area (Å²) in [6.07, 6.45) is 1.78. The predicted molar refractivity (Wildman–Crippen MR) is 78.0 cm³/mol. The van der Waals surface area contributed by atoms with E-state index >= 15 is 0 Å². The molecular formula is C14H13Cl2FN2O2. The Balaban J connectivity index is 2.05. The number of nitrogens with zero attached hydrogens (tertiary/aromatic N) is 1. The lowest BCUT2D eigenvalue weighted by atomic mass is 9.91. The number of hydrogen-bond acceptors (Lipinski definition) is 2. The molecule has 112 valence electrons. The van der Waals surface area contributed by atoms with Gasteiger partial charge in [0.15, 0.2) is 0 Å². The van der Waals surface area contributed by atoms with Crippen LogP contribution >= 0.6 is 23.2 Å². The Labute approximate surface area is 131 Å². The zero-order chi connectivity index (χ0) is 15.4. The number of rotatable bonds is 2. The average Bonchev–Trinajstić information content (AvgIpc) is 3.18. The van der Waals surface area contributed by atoms with Crippen LogP contribution in [0.4, 0.5) is 10.1 Å². The molecule has 1 saturated carbocycles. The number of benzene rings is 1. The van der Waals surface area contributed by atoms with Gasteiger partial charge in [0.05, 0.1) is 15.7 Å². The zero-order valence-corrected chi connectivity index (χ0v) is 12.8. The van der Waals surface area contributed by atoms with Gasteiger partial charge < -0.3 is 5.32 Å². The summed E-state index contributed by atoms with van der Waals surface area (Å²) in [6.45, 7) is 1.54. The summed E-state index contributed by atoms with van der Waals surface area (Å²) in [6, 6.07) is 2.16. The molecule has 1 N–H and O–H groups in total. The maximum atomic E-state index is 13.3. The second-order valence-electron chi connectivity index (χ2n) is 5.63. The van der Waals surface area contributed by atoms with Crippen molar-refractivity contribution < 1.29 is 14.0 Å². The number of hydrogen-bond donors (Lipinski definition) is 1. The van der Waals surface area contributed by atoms with Crippen molar-refractivity contribution in [1.29, 1.82) is 0 Å². The highest BCUT2D eigenvalue weighted by molar-refractivity contribution is 6.40. The van der Waals surface area contributed by atoms with E-state index < -0.39 is 11.4 Å². The first-order valence-electron chi connectivity index (χ1n) is 6.60. The fraction of sp³-hybridized carbons (Fsp3) is 0.429. The lowest BCUT2D eigenvalue weighted by molar-refractivity contribution is -0.136. The van der Waals surface area contributed by atoms with Crippen LogP contribution in [0.5, 0.6) is 0 Å². The molecular weight excluding hydrogens is 318 g/mol. The summed E-state index contributed by atoms with van der Waals surface area (Å²) in [7, 11) is 0. The van der Waals surface area contributed by atoms with Crippen molar-refractivity contribution in [2.24, 2.45) is 5.92 Å². The number of amides is 2. The van der Waals surface area contributed by atoms with E-state index in [0.717, 1.165) is 25.0 Å². The van der Waals surface area contributed by atoms with Crippen molar-refractivity contribution in [3.05, 3.63) is 28.0 Å². The molecule has 1 unspecified atom stereocenters. The molecule has 3 rings (SSSR count). The van der Waals surface area contributed by atoms with Gasteiger partial charge in [0.25, 0.3) is 5.91 Å². The van der Waals surface area contributed by atoms with E-state index in [0.29, 0.717) is 0 Å². The van der Waals surface area contributed by atoms with Crippen molar-refractivity contribution in [1.82, 2.24) is 5.32 Å². The van der Waals surface area contributed by atoms with E-state index in [1.165, 1.54) is 4.90 Å². The Morgan fingerprint density at radius 2 is 1.86 bits per heavy atom. The van der Waals surface area contributed by atoms with Gasteiger partial charge in [-0.2, -0.15) is 0 Å². The third kappa shape index (κ3) is 2.38. The molecule has 1 atom stereocenters. The van der Waals surface area contributed by atoms with Gasteiger partial charge in [-0.25, -0.2) is 4.39 Å². The van der Waals surface area contributed by atoms with E-state index in [2.05, 4.69) is 5.32 Å². The molecule has 1 aromatic carbocycles. The third-order valence-electron chi connectivity index (χ3n) is 4.04. The summed E-state index contributed by atoms with van der Waals surface area (Å²) in [5.74, 6) is -1.01. The number of nitrogens with one attached hydrogen (secondary N) is 1. The van der Waals surface area contributed by atoms with Crippen molar-refractivity contribution in [3.8, 4) is 0 Å². The number of carbonyl (C=O) groups is 2. The van der Waals surface area contributed by atoms with Gasteiger partial charge >= 0.3 is 0 Å². The molecule has 1 heterocycles. The summed E-state index contributed by atoms with van der Waals surface area (Å²) in [4.78, 5) is 26.0. The van der Waals surface area contributed by atoms with Crippen molar-refractivity contribution in [2.45, 2.75) is 25.3 Å². The van der Waals surface area contributed by atoms with Crippen LogP contribution in [0.2, 0.25) is 10.0 Å². The number of carbonyl (C=O) groups excluding carboxylic acids is 2.